The smallest absolute Gasteiger partial charge is 0.339 e. The molecule has 1 aromatic rings. The summed E-state index contributed by atoms with van der Waals surface area (Å²) in [6, 6.07) is 3.76. The topological polar surface area (TPSA) is 74.8 Å². The van der Waals surface area contributed by atoms with Gasteiger partial charge in [-0.1, -0.05) is 0 Å². The van der Waals surface area contributed by atoms with Crippen molar-refractivity contribution in [1.82, 2.24) is 15.2 Å². The molecule has 1 atom stereocenters. The van der Waals surface area contributed by atoms with Crippen molar-refractivity contribution < 1.29 is 14.3 Å². The number of carbonyl (C=O) groups excluding carboxylic acids is 2. The number of anilines is 1. The van der Waals surface area contributed by atoms with E-state index in [-0.39, 0.29) is 18.0 Å². The Kier molecular flexibility index (Phi) is 3.64. The van der Waals surface area contributed by atoms with Gasteiger partial charge in [0.1, 0.15) is 5.82 Å². The Morgan fingerprint density at radius 3 is 3.05 bits per heavy atom. The average molecular weight is 290 g/mol. The molecule has 3 rings (SSSR count). The minimum absolute atomic E-state index is 0.0188. The maximum atomic E-state index is 11.6. The molecule has 21 heavy (non-hydrogen) atoms. The molecular weight excluding hydrogens is 272 g/mol. The Morgan fingerprint density at radius 1 is 1.48 bits per heavy atom. The lowest BCUT2D eigenvalue weighted by atomic mass is 10.2. The molecule has 0 aliphatic carbocycles. The fourth-order valence-electron chi connectivity index (χ4n) is 2.72. The number of nitrogens with zero attached hydrogens (tertiary/aromatic N) is 3. The number of fused-ring (bicyclic) bond motifs is 1. The van der Waals surface area contributed by atoms with E-state index in [4.69, 9.17) is 4.74 Å². The summed E-state index contributed by atoms with van der Waals surface area (Å²) in [7, 11) is 0. The molecule has 112 valence electrons. The van der Waals surface area contributed by atoms with E-state index >= 15 is 0 Å². The molecule has 3 heterocycles. The van der Waals surface area contributed by atoms with Gasteiger partial charge in [-0.15, -0.1) is 0 Å². The summed E-state index contributed by atoms with van der Waals surface area (Å²) in [5.41, 5.74) is 0.456. The van der Waals surface area contributed by atoms with Gasteiger partial charge in [-0.25, -0.2) is 14.6 Å². The Labute approximate surface area is 122 Å². The summed E-state index contributed by atoms with van der Waals surface area (Å²) < 4.78 is 4.94. The van der Waals surface area contributed by atoms with E-state index in [1.807, 2.05) is 11.0 Å². The number of esters is 1. The molecule has 2 aliphatic heterocycles. The molecule has 2 aliphatic rings. The largest absolute Gasteiger partial charge is 0.462 e. The molecular formula is C14H18N4O3. The molecule has 0 bridgehead atoms. The number of amides is 2. The quantitative estimate of drug-likeness (QED) is 0.819. The van der Waals surface area contributed by atoms with E-state index in [0.717, 1.165) is 18.9 Å². The van der Waals surface area contributed by atoms with Crippen LogP contribution in [0, 0.1) is 0 Å². The second-order valence-electron chi connectivity index (χ2n) is 5.10. The lowest BCUT2D eigenvalue weighted by Crippen LogP contribution is -2.52. The van der Waals surface area contributed by atoms with Crippen LogP contribution in [0.3, 0.4) is 0 Å². The Hall–Kier alpha value is -2.31. The number of nitrogens with one attached hydrogen (secondary N) is 1. The summed E-state index contributed by atoms with van der Waals surface area (Å²) >= 11 is 0. The van der Waals surface area contributed by atoms with Crippen LogP contribution in [0.5, 0.6) is 0 Å². The summed E-state index contributed by atoms with van der Waals surface area (Å²) in [4.78, 5) is 31.5. The fourth-order valence-corrected chi connectivity index (χ4v) is 2.72. The number of hydrogen-bond acceptors (Lipinski definition) is 5. The third-order valence-electron chi connectivity index (χ3n) is 3.82. The molecule has 0 saturated carbocycles. The fraction of sp³-hybridized carbons (Fsp3) is 0.500. The molecule has 1 unspecified atom stereocenters. The van der Waals surface area contributed by atoms with Gasteiger partial charge in [0, 0.05) is 32.4 Å². The third kappa shape index (κ3) is 2.63. The van der Waals surface area contributed by atoms with Crippen LogP contribution in [0.1, 0.15) is 17.3 Å². The SMILES string of the molecule is CCOC(=O)c1ccc(N2CCN3C(=O)NCC3C2)nc1. The van der Waals surface area contributed by atoms with Crippen molar-refractivity contribution in [3.63, 3.8) is 0 Å². The van der Waals surface area contributed by atoms with Crippen molar-refractivity contribution in [1.29, 1.82) is 0 Å². The number of piperazine rings is 1. The molecule has 1 N–H and O–H groups in total. The van der Waals surface area contributed by atoms with Gasteiger partial charge in [-0.3, -0.25) is 0 Å². The van der Waals surface area contributed by atoms with Crippen LogP contribution in [0.25, 0.3) is 0 Å². The van der Waals surface area contributed by atoms with Gasteiger partial charge in [0.2, 0.25) is 0 Å². The normalized spacial score (nSPS) is 21.0. The van der Waals surface area contributed by atoms with Crippen LogP contribution in [-0.4, -0.2) is 60.7 Å². The Morgan fingerprint density at radius 2 is 2.33 bits per heavy atom. The minimum atomic E-state index is -0.355. The van der Waals surface area contributed by atoms with E-state index in [0.29, 0.717) is 25.3 Å². The highest BCUT2D eigenvalue weighted by Crippen LogP contribution is 2.19. The molecule has 0 spiro atoms. The molecule has 2 fully saturated rings. The predicted octanol–water partition coefficient (Wildman–Crippen LogP) is 0.472. The zero-order chi connectivity index (χ0) is 14.8. The van der Waals surface area contributed by atoms with Crippen LogP contribution >= 0.6 is 0 Å². The molecule has 0 aromatic carbocycles. The van der Waals surface area contributed by atoms with Crippen molar-refractivity contribution in [2.75, 3.05) is 37.7 Å². The monoisotopic (exact) mass is 290 g/mol. The van der Waals surface area contributed by atoms with Gasteiger partial charge in [0.25, 0.3) is 0 Å². The van der Waals surface area contributed by atoms with Crippen LogP contribution < -0.4 is 10.2 Å². The first-order valence-corrected chi connectivity index (χ1v) is 7.11. The molecule has 0 radical (unpaired) electrons. The van der Waals surface area contributed by atoms with Crippen LogP contribution in [0.15, 0.2) is 18.3 Å². The van der Waals surface area contributed by atoms with Gasteiger partial charge in [0.05, 0.1) is 18.2 Å². The van der Waals surface area contributed by atoms with Crippen LogP contribution in [0.2, 0.25) is 0 Å². The van der Waals surface area contributed by atoms with E-state index in [1.165, 1.54) is 6.20 Å². The number of carbonyl (C=O) groups is 2. The van der Waals surface area contributed by atoms with Crippen molar-refractivity contribution in [3.8, 4) is 0 Å². The van der Waals surface area contributed by atoms with Crippen LogP contribution in [-0.2, 0) is 4.74 Å². The lowest BCUT2D eigenvalue weighted by Gasteiger charge is -2.37. The van der Waals surface area contributed by atoms with Gasteiger partial charge in [-0.2, -0.15) is 0 Å². The van der Waals surface area contributed by atoms with Gasteiger partial charge in [-0.05, 0) is 19.1 Å². The molecule has 1 aromatic heterocycles. The van der Waals surface area contributed by atoms with Crippen LogP contribution in [0.4, 0.5) is 10.6 Å². The van der Waals surface area contributed by atoms with E-state index < -0.39 is 0 Å². The van der Waals surface area contributed by atoms with Gasteiger partial charge >= 0.3 is 12.0 Å². The maximum Gasteiger partial charge on any atom is 0.339 e. The zero-order valence-electron chi connectivity index (χ0n) is 11.9. The highest BCUT2D eigenvalue weighted by Gasteiger charge is 2.35. The number of urea groups is 1. The van der Waals surface area contributed by atoms with Crippen molar-refractivity contribution in [2.24, 2.45) is 0 Å². The van der Waals surface area contributed by atoms with Crippen molar-refractivity contribution >= 4 is 17.8 Å². The first-order chi connectivity index (χ1) is 10.2. The van der Waals surface area contributed by atoms with E-state index in [9.17, 15) is 9.59 Å². The molecule has 7 nitrogen and oxygen atoms in total. The molecule has 2 saturated heterocycles. The standard InChI is InChI=1S/C14H18N4O3/c1-2-21-13(19)10-3-4-12(15-7-10)17-5-6-18-11(9-17)8-16-14(18)20/h3-4,7,11H,2,5-6,8-9H2,1H3,(H,16,20). The van der Waals surface area contributed by atoms with Gasteiger partial charge < -0.3 is 19.9 Å². The second-order valence-corrected chi connectivity index (χ2v) is 5.10. The summed E-state index contributed by atoms with van der Waals surface area (Å²) in [5.74, 6) is 0.467. The average Bonchev–Trinajstić information content (AvgIpc) is 2.88. The molecule has 2 amide bonds. The van der Waals surface area contributed by atoms with Gasteiger partial charge in [0.15, 0.2) is 0 Å². The highest BCUT2D eigenvalue weighted by molar-refractivity contribution is 5.89. The van der Waals surface area contributed by atoms with E-state index in [2.05, 4.69) is 15.2 Å². The third-order valence-corrected chi connectivity index (χ3v) is 3.82. The summed E-state index contributed by atoms with van der Waals surface area (Å²) in [6.45, 7) is 5.00. The first kappa shape index (κ1) is 13.7. The Balaban J connectivity index is 1.68. The number of ether oxygens (including phenoxy) is 1. The first-order valence-electron chi connectivity index (χ1n) is 7.11. The zero-order valence-corrected chi connectivity index (χ0v) is 11.9. The summed E-state index contributed by atoms with van der Waals surface area (Å²) in [6.07, 6.45) is 1.54. The van der Waals surface area contributed by atoms with Crippen molar-refractivity contribution in [2.45, 2.75) is 13.0 Å². The number of aromatic nitrogens is 1. The minimum Gasteiger partial charge on any atom is -0.462 e. The highest BCUT2D eigenvalue weighted by atomic mass is 16.5. The van der Waals surface area contributed by atoms with E-state index in [1.54, 1.807) is 13.0 Å². The maximum absolute atomic E-state index is 11.6. The second kappa shape index (κ2) is 5.59. The molecule has 7 heteroatoms. The number of pyridine rings is 1. The lowest BCUT2D eigenvalue weighted by molar-refractivity contribution is 0.0526. The predicted molar refractivity (Wildman–Crippen MR) is 76.3 cm³/mol. The Bertz CT molecular complexity index is 546. The van der Waals surface area contributed by atoms with Crippen molar-refractivity contribution in [3.05, 3.63) is 23.9 Å². The number of rotatable bonds is 3. The number of hydrogen-bond donors (Lipinski definition) is 1. The summed E-state index contributed by atoms with van der Waals surface area (Å²) in [5, 5.41) is 2.85.